The van der Waals surface area contributed by atoms with Crippen LogP contribution in [-0.4, -0.2) is 210 Å². The lowest BCUT2D eigenvalue weighted by Crippen LogP contribution is -2.62. The number of nitrogens with zero attached hydrogens (tertiary/aromatic N) is 5. The van der Waals surface area contributed by atoms with E-state index in [0.29, 0.717) is 76.1 Å². The van der Waals surface area contributed by atoms with E-state index in [0.717, 1.165) is 61.8 Å². The summed E-state index contributed by atoms with van der Waals surface area (Å²) < 4.78 is 53.3. The van der Waals surface area contributed by atoms with E-state index in [9.17, 15) is 61.9 Å². The highest BCUT2D eigenvalue weighted by Gasteiger charge is 2.61. The number of hydrogen-bond donors (Lipinski definition) is 9. The molecule has 9 N–H and O–H groups in total. The predicted molar refractivity (Wildman–Crippen MR) is 447 cm³/mol. The van der Waals surface area contributed by atoms with Gasteiger partial charge in [0.05, 0.1) is 67.6 Å². The number of nitrogens with one attached hydrogen (secondary N) is 3. The average molecular weight is 1740 g/mol. The van der Waals surface area contributed by atoms with Crippen molar-refractivity contribution >= 4 is 60.4 Å². The third-order valence-electron chi connectivity index (χ3n) is 28.9. The second kappa shape index (κ2) is 35.3. The highest BCUT2D eigenvalue weighted by molar-refractivity contribution is 14.1. The van der Waals surface area contributed by atoms with Gasteiger partial charge in [-0.05, 0) is 239 Å². The fraction of sp³-hybridized carbons (Fsp3) is 0.625. The Bertz CT molecular complexity index is 4260. The van der Waals surface area contributed by atoms with Crippen molar-refractivity contribution in [3.8, 4) is 22.3 Å². The minimum absolute atomic E-state index is 0.0709. The van der Waals surface area contributed by atoms with E-state index in [1.807, 2.05) is 66.7 Å². The highest BCUT2D eigenvalue weighted by Crippen LogP contribution is 2.63. The molecule has 9 saturated carbocycles. The second-order valence-corrected chi connectivity index (χ2v) is 42.4. The molecule has 0 spiro atoms. The summed E-state index contributed by atoms with van der Waals surface area (Å²) in [5.74, 6) is 2.65. The van der Waals surface area contributed by atoms with Crippen molar-refractivity contribution in [1.29, 1.82) is 0 Å². The summed E-state index contributed by atoms with van der Waals surface area (Å²) in [6, 6.07) is 35.2. The van der Waals surface area contributed by atoms with Crippen molar-refractivity contribution in [3.63, 3.8) is 0 Å². The highest BCUT2D eigenvalue weighted by atomic mass is 127. The first-order valence-electron chi connectivity index (χ1n) is 41.2. The molecule has 0 unspecified atom stereocenters. The molecule has 3 aliphatic heterocycles. The van der Waals surface area contributed by atoms with E-state index in [4.69, 9.17) is 14.5 Å². The van der Waals surface area contributed by atoms with Crippen LogP contribution in [0.2, 0.25) is 0 Å². The van der Waals surface area contributed by atoms with Crippen LogP contribution in [0.15, 0.2) is 131 Å². The molecule has 9 aliphatic carbocycles. The zero-order valence-electron chi connectivity index (χ0n) is 69.6. The van der Waals surface area contributed by atoms with Crippen LogP contribution in [0.4, 0.5) is 0 Å². The number of hydrogen-bond acceptors (Lipinski definition) is 19. The molecular formula is C88H125IN8O16S2. The van der Waals surface area contributed by atoms with Gasteiger partial charge in [0.1, 0.15) is 36.4 Å². The first-order valence-corrected chi connectivity index (χ1v) is 45.2. The number of fused-ring (bicyclic) bond motifs is 6. The lowest BCUT2D eigenvalue weighted by atomic mass is 9.45. The predicted octanol–water partition coefficient (Wildman–Crippen LogP) is 9.48. The minimum Gasteiger partial charge on any atom is -0.394 e. The summed E-state index contributed by atoms with van der Waals surface area (Å²) in [6.07, 6.45) is 2.09. The summed E-state index contributed by atoms with van der Waals surface area (Å²) in [5, 5.41) is 76.8. The SMILES string of the molecule is C[C@@H]1[C@@H](NC(=O)[C@@H]2[C@H]([C@H](C)O)[C@H](CO)ON2Cc2cccc(-c3ccc(S(=O)(=O)N(C)C)cc3)c2)C[C@H]2C[C@@H]1C2(C)C.C[C@@H]1[C@@H](NC(=O)[C@@H]2[C@H]([C@H](C)O)[C@H](CO)ON2Cc2cccc(-c3ccc(S(=O)(=O)N(C)C)cc3)c2)C[C@H]2C[C@@H]1C2(C)C.C[C@@H]1[C@@H](NC(=O)[C@@H]2[C@H]([C@H](C)O)[C@H](CO)ON2Cc2cccc(I)c2)C[C@H]2C[C@@H]1C2(C)C. The fourth-order valence-electron chi connectivity index (χ4n) is 21.4. The van der Waals surface area contributed by atoms with Gasteiger partial charge in [0.2, 0.25) is 37.8 Å². The van der Waals surface area contributed by atoms with Crippen LogP contribution in [0, 0.1) is 90.8 Å². The lowest BCUT2D eigenvalue weighted by Gasteiger charge is -2.62. The minimum atomic E-state index is -3.52. The molecule has 115 heavy (non-hydrogen) atoms. The van der Waals surface area contributed by atoms with Crippen LogP contribution in [-0.2, 0) is 68.6 Å². The molecule has 3 saturated heterocycles. The fourth-order valence-corrected chi connectivity index (χ4v) is 23.8. The van der Waals surface area contributed by atoms with Crippen LogP contribution < -0.4 is 16.0 Å². The molecule has 5 aromatic carbocycles. The van der Waals surface area contributed by atoms with Crippen molar-refractivity contribution < 1.29 is 76.4 Å². The van der Waals surface area contributed by atoms with Crippen molar-refractivity contribution in [3.05, 3.63) is 142 Å². The summed E-state index contributed by atoms with van der Waals surface area (Å²) in [7, 11) is -1.04. The number of sulfonamides is 2. The number of aliphatic hydroxyl groups is 6. The Morgan fingerprint density at radius 3 is 0.965 bits per heavy atom. The maximum atomic E-state index is 13.9. The molecule has 24 nitrogen and oxygen atoms in total. The lowest BCUT2D eigenvalue weighted by molar-refractivity contribution is -0.183. The first kappa shape index (κ1) is 88.9. The topological polar surface area (TPSA) is 321 Å². The number of carbonyl (C=O) groups is 3. The smallest absolute Gasteiger partial charge is 0.242 e. The van der Waals surface area contributed by atoms with Gasteiger partial charge in [0, 0.05) is 67.6 Å². The van der Waals surface area contributed by atoms with Gasteiger partial charge in [-0.3, -0.25) is 28.9 Å². The van der Waals surface area contributed by atoms with Gasteiger partial charge in [-0.15, -0.1) is 0 Å². The molecule has 27 heteroatoms. The standard InChI is InChI=1S/2C32H45N3O6S.C24H35IN2O4/c2*1-19-26-15-24(32(26,3)4)16-27(19)33-31(38)30-29(20(2)37)28(18-36)41-35(30)17-21-8-7-9-23(14-21)22-10-12-25(13-11-22)42(39,40)34(5)6;1-13-18-9-16(24(18,3)4)10-19(13)26-23(30)22-21(14(2)29)20(12-28)31-27(22)11-15-6-5-7-17(25)8-15/h2*7-14,19-20,24,26-30,36-37H,15-18H2,1-6H3,(H,33,38);5-8,13-14,16,18-22,28-29H,9-12H2,1-4H3,(H,26,30)/t2*19-,20-,24+,26-,27-,28-,29+,30-;13-,14-,16+,18-,19-,20-,21+,22-/m000/s1. The number of carbonyl (C=O) groups excluding carboxylic acids is 3. The van der Waals surface area contributed by atoms with Gasteiger partial charge in [-0.1, -0.05) is 135 Å². The Kier molecular flexibility index (Phi) is 27.3. The van der Waals surface area contributed by atoms with E-state index in [2.05, 4.69) is 107 Å². The quantitative estimate of drug-likeness (QED) is 0.0260. The molecule has 24 atom stereocenters. The van der Waals surface area contributed by atoms with E-state index < -0.39 is 92.5 Å². The largest absolute Gasteiger partial charge is 0.394 e. The van der Waals surface area contributed by atoms with Crippen LogP contribution in [0.3, 0.4) is 0 Å². The van der Waals surface area contributed by atoms with Crippen molar-refractivity contribution in [2.45, 2.75) is 224 Å². The van der Waals surface area contributed by atoms with E-state index in [-0.39, 0.29) is 78.5 Å². The number of aliphatic hydroxyl groups excluding tert-OH is 6. The van der Waals surface area contributed by atoms with Gasteiger partial charge in [0.25, 0.3) is 0 Å². The van der Waals surface area contributed by atoms with E-state index >= 15 is 0 Å². The van der Waals surface area contributed by atoms with Gasteiger partial charge < -0.3 is 46.6 Å². The van der Waals surface area contributed by atoms with Gasteiger partial charge in [-0.25, -0.2) is 25.4 Å². The molecular weight excluding hydrogens is 1620 g/mol. The Labute approximate surface area is 694 Å². The maximum Gasteiger partial charge on any atom is 0.242 e. The Balaban J connectivity index is 0.000000161. The summed E-state index contributed by atoms with van der Waals surface area (Å²) in [6.45, 7) is 25.8. The first-order chi connectivity index (χ1) is 54.1. The number of rotatable bonds is 24. The maximum absolute atomic E-state index is 13.9. The molecule has 12 aliphatic rings. The van der Waals surface area contributed by atoms with Crippen LogP contribution in [0.5, 0.6) is 0 Å². The Hall–Kier alpha value is -5.42. The Morgan fingerprint density at radius 2 is 0.722 bits per heavy atom. The van der Waals surface area contributed by atoms with Crippen molar-refractivity contribution in [2.24, 2.45) is 87.3 Å². The summed E-state index contributed by atoms with van der Waals surface area (Å²) >= 11 is 2.27. The van der Waals surface area contributed by atoms with Gasteiger partial charge in [-0.2, -0.15) is 15.2 Å². The van der Waals surface area contributed by atoms with Crippen LogP contribution in [0.25, 0.3) is 22.3 Å². The van der Waals surface area contributed by atoms with Crippen LogP contribution in [0.1, 0.15) is 138 Å². The Morgan fingerprint density at radius 1 is 0.443 bits per heavy atom. The molecule has 5 aromatic rings. The normalized spacial score (nSPS) is 33.2. The molecule has 0 aromatic heterocycles. The molecule has 17 rings (SSSR count). The molecule has 3 heterocycles. The van der Waals surface area contributed by atoms with Gasteiger partial charge >= 0.3 is 0 Å². The number of benzene rings is 5. The van der Waals surface area contributed by atoms with Crippen molar-refractivity contribution in [2.75, 3.05) is 48.0 Å². The van der Waals surface area contributed by atoms with Crippen LogP contribution >= 0.6 is 22.6 Å². The summed E-state index contributed by atoms with van der Waals surface area (Å²) in [4.78, 5) is 60.0. The number of amides is 3. The third kappa shape index (κ3) is 17.9. The zero-order valence-corrected chi connectivity index (χ0v) is 73.4. The number of hydroxylamine groups is 6. The summed E-state index contributed by atoms with van der Waals surface area (Å²) in [5.41, 5.74) is 7.26. The zero-order chi connectivity index (χ0) is 83.6. The van der Waals surface area contributed by atoms with E-state index in [1.165, 1.54) is 56.1 Å². The molecule has 12 fully saturated rings. The monoisotopic (exact) mass is 1740 g/mol. The molecule has 3 amide bonds. The van der Waals surface area contributed by atoms with E-state index in [1.54, 1.807) is 84.5 Å². The molecule has 0 radical (unpaired) electrons. The second-order valence-electron chi connectivity index (χ2n) is 36.9. The van der Waals surface area contributed by atoms with Gasteiger partial charge in [0.15, 0.2) is 0 Å². The number of halogens is 1. The average Bonchev–Trinajstić information content (AvgIpc) is 1.71. The third-order valence-corrected chi connectivity index (χ3v) is 33.2. The molecule has 632 valence electrons. The molecule has 6 bridgehead atoms. The van der Waals surface area contributed by atoms with Crippen molar-refractivity contribution in [1.82, 2.24) is 39.8 Å².